The average Bonchev–Trinajstić information content (AvgIpc) is 3.26. The highest BCUT2D eigenvalue weighted by Gasteiger charge is 2.40. The van der Waals surface area contributed by atoms with Crippen molar-refractivity contribution in [2.75, 3.05) is 18.5 Å². The Bertz CT molecular complexity index is 962. The highest BCUT2D eigenvalue weighted by atomic mass is 35.5. The van der Waals surface area contributed by atoms with Gasteiger partial charge in [0.25, 0.3) is 0 Å². The third kappa shape index (κ3) is 4.48. The number of esters is 1. The molecule has 160 valence electrons. The monoisotopic (exact) mass is 433 g/mol. The van der Waals surface area contributed by atoms with Gasteiger partial charge in [0.2, 0.25) is 17.7 Å². The van der Waals surface area contributed by atoms with Gasteiger partial charge in [-0.3, -0.25) is 14.9 Å². The maximum Gasteiger partial charge on any atom is 0.346 e. The van der Waals surface area contributed by atoms with Crippen LogP contribution in [-0.4, -0.2) is 46.5 Å². The number of carbonyl (C=O) groups excluding carboxylic acids is 3. The number of rotatable bonds is 5. The van der Waals surface area contributed by atoms with Crippen LogP contribution in [0, 0.1) is 5.92 Å². The van der Waals surface area contributed by atoms with E-state index in [9.17, 15) is 14.4 Å². The zero-order chi connectivity index (χ0) is 22.1. The molecule has 8 nitrogen and oxygen atoms in total. The van der Waals surface area contributed by atoms with Crippen LogP contribution in [0.2, 0.25) is 5.02 Å². The van der Waals surface area contributed by atoms with Gasteiger partial charge in [0, 0.05) is 29.1 Å². The molecule has 1 aromatic carbocycles. The molecule has 0 spiro atoms. The minimum Gasteiger partial charge on any atom is -0.462 e. The molecule has 1 N–H and O–H groups in total. The summed E-state index contributed by atoms with van der Waals surface area (Å²) in [5.74, 6) is -1.84. The van der Waals surface area contributed by atoms with Crippen molar-refractivity contribution in [2.45, 2.75) is 39.7 Å². The largest absolute Gasteiger partial charge is 0.462 e. The Balaban J connectivity index is 1.87. The number of hydrogen-bond acceptors (Lipinski definition) is 6. The Kier molecular flexibility index (Phi) is 6.17. The van der Waals surface area contributed by atoms with Gasteiger partial charge in [-0.25, -0.2) is 4.79 Å². The molecule has 1 unspecified atom stereocenters. The van der Waals surface area contributed by atoms with Crippen LogP contribution in [0.1, 0.15) is 44.5 Å². The van der Waals surface area contributed by atoms with Crippen LogP contribution in [0.15, 0.2) is 28.8 Å². The molecule has 2 heterocycles. The molecule has 0 saturated carbocycles. The highest BCUT2D eigenvalue weighted by molar-refractivity contribution is 6.30. The first-order chi connectivity index (χ1) is 14.1. The number of anilines is 1. The lowest BCUT2D eigenvalue weighted by atomic mass is 10.1. The molecule has 1 aliphatic rings. The maximum absolute atomic E-state index is 12.8. The van der Waals surface area contributed by atoms with E-state index >= 15 is 0 Å². The van der Waals surface area contributed by atoms with Gasteiger partial charge in [-0.15, -0.1) is 0 Å². The Morgan fingerprint density at radius 3 is 2.53 bits per heavy atom. The van der Waals surface area contributed by atoms with Gasteiger partial charge in [0.05, 0.1) is 12.5 Å². The Morgan fingerprint density at radius 2 is 1.97 bits per heavy atom. The summed E-state index contributed by atoms with van der Waals surface area (Å²) in [7, 11) is 0. The van der Waals surface area contributed by atoms with E-state index < -0.39 is 17.8 Å². The minimum atomic E-state index is -0.669. The normalized spacial score (nSPS) is 16.6. The number of carbonyl (C=O) groups is 3. The minimum absolute atomic E-state index is 0.0181. The van der Waals surface area contributed by atoms with Crippen molar-refractivity contribution in [1.29, 1.82) is 0 Å². The predicted molar refractivity (Wildman–Crippen MR) is 111 cm³/mol. The van der Waals surface area contributed by atoms with Gasteiger partial charge < -0.3 is 14.2 Å². The zero-order valence-electron chi connectivity index (χ0n) is 17.3. The molecule has 30 heavy (non-hydrogen) atoms. The van der Waals surface area contributed by atoms with Crippen molar-refractivity contribution in [3.05, 3.63) is 34.9 Å². The van der Waals surface area contributed by atoms with Crippen LogP contribution in [0.5, 0.6) is 0 Å². The number of halogens is 1. The van der Waals surface area contributed by atoms with E-state index in [1.807, 2.05) is 20.8 Å². The van der Waals surface area contributed by atoms with E-state index in [-0.39, 0.29) is 41.6 Å². The van der Waals surface area contributed by atoms with Crippen LogP contribution >= 0.6 is 11.6 Å². The lowest BCUT2D eigenvalue weighted by molar-refractivity contribution is -0.131. The number of ether oxygens (including phenoxy) is 1. The van der Waals surface area contributed by atoms with Crippen molar-refractivity contribution in [3.63, 3.8) is 0 Å². The fraction of sp³-hybridized carbons (Fsp3) is 0.429. The van der Waals surface area contributed by atoms with Gasteiger partial charge in [0.1, 0.15) is 5.69 Å². The molecular weight excluding hydrogens is 410 g/mol. The van der Waals surface area contributed by atoms with Crippen LogP contribution in [0.3, 0.4) is 0 Å². The van der Waals surface area contributed by atoms with Crippen LogP contribution in [-0.2, 0) is 14.3 Å². The average molecular weight is 434 g/mol. The van der Waals surface area contributed by atoms with E-state index in [2.05, 4.69) is 10.5 Å². The maximum atomic E-state index is 12.8. The number of hydrogen-bond donors (Lipinski definition) is 1. The van der Waals surface area contributed by atoms with Crippen molar-refractivity contribution < 1.29 is 23.6 Å². The molecular formula is C21H24ClN3O5. The number of likely N-dealkylation sites (tertiary alicyclic amines) is 1. The standard InChI is InChI=1S/C21H24ClN3O5/c1-5-29-20(28)16-17(12-6-8-14(22)9-7-12)24-30-19(16)23-18(27)13-10-15(26)25(11-13)21(2,3)4/h6-9,13H,5,10-11H2,1-4H3,(H,23,27). The summed E-state index contributed by atoms with van der Waals surface area (Å²) < 4.78 is 10.4. The molecule has 1 aromatic heterocycles. The van der Waals surface area contributed by atoms with Crippen molar-refractivity contribution >= 4 is 35.3 Å². The number of amides is 2. The third-order valence-electron chi connectivity index (χ3n) is 4.83. The Hall–Kier alpha value is -2.87. The Labute approximate surface area is 179 Å². The topological polar surface area (TPSA) is 102 Å². The van der Waals surface area contributed by atoms with Crippen molar-refractivity contribution in [2.24, 2.45) is 5.92 Å². The van der Waals surface area contributed by atoms with Crippen LogP contribution in [0.25, 0.3) is 11.3 Å². The number of aromatic nitrogens is 1. The van der Waals surface area contributed by atoms with Crippen LogP contribution in [0.4, 0.5) is 5.88 Å². The molecule has 2 aromatic rings. The van der Waals surface area contributed by atoms with Crippen LogP contribution < -0.4 is 5.32 Å². The van der Waals surface area contributed by atoms with E-state index in [1.54, 1.807) is 36.1 Å². The second-order valence-electron chi connectivity index (χ2n) is 8.03. The van der Waals surface area contributed by atoms with E-state index in [0.29, 0.717) is 17.1 Å². The smallest absolute Gasteiger partial charge is 0.346 e. The van der Waals surface area contributed by atoms with Gasteiger partial charge in [-0.05, 0) is 39.8 Å². The fourth-order valence-electron chi connectivity index (χ4n) is 3.32. The third-order valence-corrected chi connectivity index (χ3v) is 5.08. The van der Waals surface area contributed by atoms with E-state index in [0.717, 1.165) is 0 Å². The summed E-state index contributed by atoms with van der Waals surface area (Å²) in [6.45, 7) is 7.86. The molecule has 1 fully saturated rings. The molecule has 0 bridgehead atoms. The lowest BCUT2D eigenvalue weighted by Gasteiger charge is -2.31. The molecule has 9 heteroatoms. The molecule has 0 aliphatic carbocycles. The summed E-state index contributed by atoms with van der Waals surface area (Å²) in [6, 6.07) is 6.69. The first kappa shape index (κ1) is 21.8. The quantitative estimate of drug-likeness (QED) is 0.720. The molecule has 1 aliphatic heterocycles. The molecule has 0 radical (unpaired) electrons. The number of nitrogens with zero attached hydrogens (tertiary/aromatic N) is 2. The van der Waals surface area contributed by atoms with E-state index in [1.165, 1.54) is 0 Å². The summed E-state index contributed by atoms with van der Waals surface area (Å²) in [5, 5.41) is 7.10. The molecule has 3 rings (SSSR count). The number of benzene rings is 1. The summed E-state index contributed by atoms with van der Waals surface area (Å²) >= 11 is 5.93. The molecule has 1 saturated heterocycles. The van der Waals surface area contributed by atoms with Crippen molar-refractivity contribution in [3.8, 4) is 11.3 Å². The summed E-state index contributed by atoms with van der Waals surface area (Å²) in [4.78, 5) is 39.3. The van der Waals surface area contributed by atoms with Crippen molar-refractivity contribution in [1.82, 2.24) is 10.1 Å². The second-order valence-corrected chi connectivity index (χ2v) is 8.46. The van der Waals surface area contributed by atoms with Gasteiger partial charge in [0.15, 0.2) is 5.56 Å². The molecule has 1 atom stereocenters. The van der Waals surface area contributed by atoms with E-state index in [4.69, 9.17) is 20.9 Å². The summed E-state index contributed by atoms with van der Waals surface area (Å²) in [6.07, 6.45) is 0.0933. The first-order valence-corrected chi connectivity index (χ1v) is 10.0. The SMILES string of the molecule is CCOC(=O)c1c(-c2ccc(Cl)cc2)noc1NC(=O)C1CC(=O)N(C(C)(C)C)C1. The number of nitrogens with one attached hydrogen (secondary N) is 1. The van der Waals surface area contributed by atoms with Gasteiger partial charge in [-0.2, -0.15) is 0 Å². The summed E-state index contributed by atoms with van der Waals surface area (Å²) in [5.41, 5.74) is 0.460. The molecule has 2 amide bonds. The van der Waals surface area contributed by atoms with Gasteiger partial charge >= 0.3 is 5.97 Å². The first-order valence-electron chi connectivity index (χ1n) is 9.66. The highest BCUT2D eigenvalue weighted by Crippen LogP contribution is 2.32. The lowest BCUT2D eigenvalue weighted by Crippen LogP contribution is -2.42. The predicted octanol–water partition coefficient (Wildman–Crippen LogP) is 3.76. The van der Waals surface area contributed by atoms with Gasteiger partial charge in [-0.1, -0.05) is 28.9 Å². The Morgan fingerprint density at radius 1 is 1.30 bits per heavy atom. The second kappa shape index (κ2) is 8.47. The zero-order valence-corrected chi connectivity index (χ0v) is 18.1. The fourth-order valence-corrected chi connectivity index (χ4v) is 3.44.